The monoisotopic (exact) mass is 536 g/mol. The van der Waals surface area contributed by atoms with Crippen LogP contribution in [0, 0.1) is 0 Å². The van der Waals surface area contributed by atoms with Gasteiger partial charge >= 0.3 is 0 Å². The van der Waals surface area contributed by atoms with E-state index in [1.807, 2.05) is 0 Å². The highest BCUT2D eigenvalue weighted by Crippen LogP contribution is 2.37. The highest BCUT2D eigenvalue weighted by atomic mass is 28.4. The lowest BCUT2D eigenvalue weighted by Gasteiger charge is -2.43. The van der Waals surface area contributed by atoms with E-state index in [0.717, 1.165) is 37.0 Å². The summed E-state index contributed by atoms with van der Waals surface area (Å²) in [6, 6.07) is 21.7. The molecule has 2 aromatic rings. The first-order valence-electron chi connectivity index (χ1n) is 13.9. The molecule has 2 atom stereocenters. The van der Waals surface area contributed by atoms with Crippen molar-refractivity contribution in [1.29, 1.82) is 0 Å². The van der Waals surface area contributed by atoms with Crippen LogP contribution in [0.5, 0.6) is 0 Å². The average Bonchev–Trinajstić information content (AvgIpc) is 3.44. The third-order valence-electron chi connectivity index (χ3n) is 7.59. The van der Waals surface area contributed by atoms with Crippen molar-refractivity contribution in [2.45, 2.75) is 70.0 Å². The Morgan fingerprint density at radius 2 is 1.53 bits per heavy atom. The maximum absolute atomic E-state index is 7.05. The van der Waals surface area contributed by atoms with Crippen LogP contribution in [0.2, 0.25) is 5.04 Å². The Morgan fingerprint density at radius 1 is 0.921 bits per heavy atom. The van der Waals surface area contributed by atoms with Gasteiger partial charge in [0.05, 0.1) is 25.9 Å². The SMILES string of the molecule is C=C(CCCCO[Si](c1ccccc1)(c1ccccc1)C(C)(C)C)C1=CC(CC2OCCO2)OCC1OC. The van der Waals surface area contributed by atoms with E-state index in [-0.39, 0.29) is 23.5 Å². The summed E-state index contributed by atoms with van der Waals surface area (Å²) < 4.78 is 30.0. The Balaban J connectivity index is 1.40. The predicted octanol–water partition coefficient (Wildman–Crippen LogP) is 5.39. The smallest absolute Gasteiger partial charge is 0.261 e. The van der Waals surface area contributed by atoms with Crippen LogP contribution in [-0.2, 0) is 23.4 Å². The molecule has 206 valence electrons. The molecule has 0 radical (unpaired) electrons. The average molecular weight is 537 g/mol. The number of hydrogen-bond donors (Lipinski definition) is 0. The molecule has 5 nitrogen and oxygen atoms in total. The van der Waals surface area contributed by atoms with Gasteiger partial charge in [-0.25, -0.2) is 0 Å². The molecule has 2 aromatic carbocycles. The molecule has 4 rings (SSSR count). The van der Waals surface area contributed by atoms with Gasteiger partial charge in [0.25, 0.3) is 8.32 Å². The Labute approximate surface area is 229 Å². The van der Waals surface area contributed by atoms with Crippen LogP contribution < -0.4 is 10.4 Å². The first kappa shape index (κ1) is 28.9. The van der Waals surface area contributed by atoms with Gasteiger partial charge in [-0.3, -0.25) is 0 Å². The summed E-state index contributed by atoms with van der Waals surface area (Å²) in [5.74, 6) is 0. The van der Waals surface area contributed by atoms with Crippen molar-refractivity contribution >= 4 is 18.7 Å². The van der Waals surface area contributed by atoms with Gasteiger partial charge in [0, 0.05) is 20.1 Å². The zero-order valence-corrected chi connectivity index (χ0v) is 24.5. The van der Waals surface area contributed by atoms with Crippen LogP contribution in [0.4, 0.5) is 0 Å². The maximum atomic E-state index is 7.05. The Hall–Kier alpha value is -2.06. The second-order valence-electron chi connectivity index (χ2n) is 11.2. The van der Waals surface area contributed by atoms with Gasteiger partial charge in [-0.1, -0.05) is 88.0 Å². The first-order valence-corrected chi connectivity index (χ1v) is 15.8. The summed E-state index contributed by atoms with van der Waals surface area (Å²) in [7, 11) is -0.764. The molecular formula is C32H44O5Si. The molecule has 0 N–H and O–H groups in total. The molecule has 2 heterocycles. The van der Waals surface area contributed by atoms with Gasteiger partial charge in [-0.05, 0) is 51.9 Å². The molecule has 0 spiro atoms. The van der Waals surface area contributed by atoms with E-state index >= 15 is 0 Å². The normalized spacial score (nSPS) is 20.9. The second kappa shape index (κ2) is 13.3. The van der Waals surface area contributed by atoms with Crippen molar-refractivity contribution in [2.75, 3.05) is 33.5 Å². The first-order chi connectivity index (χ1) is 18.3. The van der Waals surface area contributed by atoms with E-state index in [1.54, 1.807) is 7.11 Å². The molecule has 2 aliphatic heterocycles. The molecule has 6 heteroatoms. The minimum Gasteiger partial charge on any atom is -0.407 e. The topological polar surface area (TPSA) is 46.2 Å². The van der Waals surface area contributed by atoms with Crippen molar-refractivity contribution in [3.63, 3.8) is 0 Å². The van der Waals surface area contributed by atoms with Gasteiger partial charge in [-0.2, -0.15) is 0 Å². The van der Waals surface area contributed by atoms with Crippen LogP contribution in [0.15, 0.2) is 84.5 Å². The number of hydrogen-bond acceptors (Lipinski definition) is 5. The molecule has 1 saturated heterocycles. The quantitative estimate of drug-likeness (QED) is 0.269. The Bertz CT molecular complexity index is 1000. The summed E-state index contributed by atoms with van der Waals surface area (Å²) >= 11 is 0. The zero-order valence-electron chi connectivity index (χ0n) is 23.5. The second-order valence-corrected chi connectivity index (χ2v) is 15.5. The zero-order chi connectivity index (χ0) is 27.0. The van der Waals surface area contributed by atoms with Crippen molar-refractivity contribution in [3.8, 4) is 0 Å². The van der Waals surface area contributed by atoms with Crippen LogP contribution in [0.25, 0.3) is 0 Å². The third kappa shape index (κ3) is 6.73. The van der Waals surface area contributed by atoms with Crippen LogP contribution >= 0.6 is 0 Å². The maximum Gasteiger partial charge on any atom is 0.261 e. The van der Waals surface area contributed by atoms with E-state index in [1.165, 1.54) is 10.4 Å². The minimum absolute atomic E-state index is 0.0142. The minimum atomic E-state index is -2.50. The van der Waals surface area contributed by atoms with E-state index in [9.17, 15) is 0 Å². The van der Waals surface area contributed by atoms with E-state index in [4.69, 9.17) is 23.4 Å². The van der Waals surface area contributed by atoms with Crippen LogP contribution in [-0.4, -0.2) is 60.4 Å². The van der Waals surface area contributed by atoms with Gasteiger partial charge in [0.15, 0.2) is 6.29 Å². The Kier molecular flexibility index (Phi) is 10.2. The molecule has 0 bridgehead atoms. The molecule has 2 unspecified atom stereocenters. The predicted molar refractivity (Wildman–Crippen MR) is 155 cm³/mol. The van der Waals surface area contributed by atoms with Gasteiger partial charge in [0.1, 0.15) is 6.10 Å². The van der Waals surface area contributed by atoms with Crippen molar-refractivity contribution in [1.82, 2.24) is 0 Å². The number of unbranched alkanes of at least 4 members (excludes halogenated alkanes) is 1. The summed E-state index contributed by atoms with van der Waals surface area (Å²) in [5, 5.41) is 2.62. The highest BCUT2D eigenvalue weighted by molar-refractivity contribution is 6.99. The molecule has 1 fully saturated rings. The molecule has 0 aliphatic carbocycles. The van der Waals surface area contributed by atoms with Crippen molar-refractivity contribution in [3.05, 3.63) is 84.5 Å². The lowest BCUT2D eigenvalue weighted by molar-refractivity contribution is -0.0870. The largest absolute Gasteiger partial charge is 0.407 e. The number of rotatable bonds is 12. The Morgan fingerprint density at radius 3 is 2.08 bits per heavy atom. The summed E-state index contributed by atoms with van der Waals surface area (Å²) in [5.41, 5.74) is 2.26. The van der Waals surface area contributed by atoms with E-state index in [2.05, 4.69) is 94.1 Å². The summed E-state index contributed by atoms with van der Waals surface area (Å²) in [6.45, 7) is 13.9. The molecule has 0 aromatic heterocycles. The summed E-state index contributed by atoms with van der Waals surface area (Å²) in [6.07, 6.45) is 5.40. The van der Waals surface area contributed by atoms with Crippen LogP contribution in [0.1, 0.15) is 46.5 Å². The molecule has 0 amide bonds. The molecular weight excluding hydrogens is 492 g/mol. The number of methoxy groups -OCH3 is 1. The lowest BCUT2D eigenvalue weighted by Crippen LogP contribution is -2.66. The van der Waals surface area contributed by atoms with Crippen molar-refractivity contribution < 1.29 is 23.4 Å². The fourth-order valence-corrected chi connectivity index (χ4v) is 10.2. The van der Waals surface area contributed by atoms with E-state index < -0.39 is 8.32 Å². The number of benzene rings is 2. The molecule has 38 heavy (non-hydrogen) atoms. The van der Waals surface area contributed by atoms with Crippen LogP contribution in [0.3, 0.4) is 0 Å². The van der Waals surface area contributed by atoms with Gasteiger partial charge in [-0.15, -0.1) is 0 Å². The van der Waals surface area contributed by atoms with E-state index in [0.29, 0.717) is 26.2 Å². The fourth-order valence-electron chi connectivity index (χ4n) is 5.64. The lowest BCUT2D eigenvalue weighted by atomic mass is 9.93. The highest BCUT2D eigenvalue weighted by Gasteiger charge is 2.49. The molecule has 0 saturated carbocycles. The standard InChI is InChI=1S/C32H44O5Si/c1-25(29-22-26(36-24-30(29)33-5)23-31-34-20-21-35-31)14-12-13-19-37-38(32(2,3)4,27-15-8-6-9-16-27)28-17-10-7-11-18-28/h6-11,15-18,22,26,30-31H,1,12-14,19-21,23-24H2,2-5H3. The molecule has 2 aliphatic rings. The van der Waals surface area contributed by atoms with Gasteiger partial charge in [0.2, 0.25) is 0 Å². The number of ether oxygens (including phenoxy) is 4. The third-order valence-corrected chi connectivity index (χ3v) is 12.6. The fraction of sp³-hybridized carbons (Fsp3) is 0.500. The van der Waals surface area contributed by atoms with Crippen molar-refractivity contribution in [2.24, 2.45) is 0 Å². The van der Waals surface area contributed by atoms with Gasteiger partial charge < -0.3 is 23.4 Å². The summed E-state index contributed by atoms with van der Waals surface area (Å²) in [4.78, 5) is 0.